The highest BCUT2D eigenvalue weighted by molar-refractivity contribution is 5.94. The van der Waals surface area contributed by atoms with Gasteiger partial charge in [-0.2, -0.15) is 5.10 Å². The van der Waals surface area contributed by atoms with Crippen molar-refractivity contribution >= 4 is 5.91 Å². The number of ether oxygens (including phenoxy) is 1. The summed E-state index contributed by atoms with van der Waals surface area (Å²) in [5.74, 6) is 0.166. The predicted molar refractivity (Wildman–Crippen MR) is 101 cm³/mol. The number of carbonyl (C=O) groups is 1. The number of nitrogens with zero attached hydrogens (tertiary/aromatic N) is 3. The van der Waals surface area contributed by atoms with Crippen LogP contribution in [-0.2, 0) is 6.42 Å². The molecule has 1 unspecified atom stereocenters. The molecule has 1 fully saturated rings. The quantitative estimate of drug-likeness (QED) is 0.710. The molecular formula is C21H21FN4O2. The van der Waals surface area contributed by atoms with Crippen molar-refractivity contribution in [2.45, 2.75) is 25.3 Å². The van der Waals surface area contributed by atoms with E-state index in [1.165, 1.54) is 12.1 Å². The summed E-state index contributed by atoms with van der Waals surface area (Å²) >= 11 is 0. The molecule has 1 N–H and O–H groups in total. The lowest BCUT2D eigenvalue weighted by Gasteiger charge is -2.23. The number of hydrogen-bond donors (Lipinski definition) is 1. The fourth-order valence-corrected chi connectivity index (χ4v) is 3.49. The van der Waals surface area contributed by atoms with E-state index in [-0.39, 0.29) is 17.8 Å². The Kier molecular flexibility index (Phi) is 5.32. The molecule has 1 aliphatic rings. The Morgan fingerprint density at radius 3 is 3.04 bits per heavy atom. The number of nitrogens with one attached hydrogen (secondary N) is 1. The van der Waals surface area contributed by atoms with Gasteiger partial charge in [-0.15, -0.1) is 0 Å². The van der Waals surface area contributed by atoms with E-state index in [0.29, 0.717) is 30.9 Å². The Labute approximate surface area is 162 Å². The molecule has 1 atom stereocenters. The van der Waals surface area contributed by atoms with Gasteiger partial charge in [-0.1, -0.05) is 6.07 Å². The Bertz CT molecular complexity index is 944. The monoisotopic (exact) mass is 380 g/mol. The molecule has 2 aromatic heterocycles. The van der Waals surface area contributed by atoms with Crippen LogP contribution in [0.1, 0.15) is 40.6 Å². The first-order chi connectivity index (χ1) is 13.7. The Hall–Kier alpha value is -3.22. The molecule has 28 heavy (non-hydrogen) atoms. The molecule has 1 aliphatic heterocycles. The SMILES string of the molecule is O=C(c1cccnc1)N1CCCC1c1cc(CCOc2cccc(F)c2)[nH]n1. The molecule has 3 heterocycles. The molecule has 0 saturated carbocycles. The predicted octanol–water partition coefficient (Wildman–Crippen LogP) is 3.54. The number of benzene rings is 1. The number of rotatable bonds is 6. The van der Waals surface area contributed by atoms with Crippen molar-refractivity contribution in [1.82, 2.24) is 20.1 Å². The van der Waals surface area contributed by atoms with Crippen molar-refractivity contribution in [3.8, 4) is 5.75 Å². The summed E-state index contributed by atoms with van der Waals surface area (Å²) in [5, 5.41) is 7.44. The minimum Gasteiger partial charge on any atom is -0.493 e. The second-order valence-electron chi connectivity index (χ2n) is 6.77. The first-order valence-corrected chi connectivity index (χ1v) is 9.34. The van der Waals surface area contributed by atoms with E-state index in [0.717, 1.165) is 24.2 Å². The van der Waals surface area contributed by atoms with Crippen LogP contribution < -0.4 is 4.74 Å². The van der Waals surface area contributed by atoms with E-state index in [4.69, 9.17) is 4.74 Å². The number of hydrogen-bond acceptors (Lipinski definition) is 4. The molecule has 0 spiro atoms. The first kappa shape index (κ1) is 18.2. The fraction of sp³-hybridized carbons (Fsp3) is 0.286. The maximum atomic E-state index is 13.2. The van der Waals surface area contributed by atoms with Crippen LogP contribution in [0.15, 0.2) is 54.9 Å². The van der Waals surface area contributed by atoms with Gasteiger partial charge in [0.2, 0.25) is 0 Å². The van der Waals surface area contributed by atoms with E-state index in [1.54, 1.807) is 36.7 Å². The Morgan fingerprint density at radius 2 is 2.21 bits per heavy atom. The van der Waals surface area contributed by atoms with E-state index in [1.807, 2.05) is 11.0 Å². The standard InChI is InChI=1S/C21H21FN4O2/c22-16-5-1-6-18(12-16)28-11-8-17-13-19(25-24-17)20-7-3-10-26(20)21(27)15-4-2-9-23-14-15/h1-2,4-6,9,12-14,20H,3,7-8,10-11H2,(H,24,25). The highest BCUT2D eigenvalue weighted by Gasteiger charge is 2.32. The summed E-state index contributed by atoms with van der Waals surface area (Å²) in [6, 6.07) is 11.6. The number of aromatic nitrogens is 3. The van der Waals surface area contributed by atoms with Crippen molar-refractivity contribution in [1.29, 1.82) is 0 Å². The van der Waals surface area contributed by atoms with Gasteiger partial charge in [-0.3, -0.25) is 14.9 Å². The molecule has 1 saturated heterocycles. The van der Waals surface area contributed by atoms with Crippen molar-refractivity contribution in [3.05, 3.63) is 77.6 Å². The largest absolute Gasteiger partial charge is 0.493 e. The van der Waals surface area contributed by atoms with Crippen LogP contribution >= 0.6 is 0 Å². The molecule has 1 aromatic carbocycles. The molecule has 3 aromatic rings. The molecular weight excluding hydrogens is 359 g/mol. The number of pyridine rings is 1. The number of halogens is 1. The average molecular weight is 380 g/mol. The lowest BCUT2D eigenvalue weighted by molar-refractivity contribution is 0.0732. The van der Waals surface area contributed by atoms with Gasteiger partial charge in [0.15, 0.2) is 0 Å². The van der Waals surface area contributed by atoms with E-state index >= 15 is 0 Å². The maximum absolute atomic E-state index is 13.2. The van der Waals surface area contributed by atoms with E-state index in [9.17, 15) is 9.18 Å². The average Bonchev–Trinajstić information content (AvgIpc) is 3.37. The number of carbonyl (C=O) groups excluding carboxylic acids is 1. The van der Waals surface area contributed by atoms with Crippen LogP contribution in [0, 0.1) is 5.82 Å². The van der Waals surface area contributed by atoms with Crippen LogP contribution in [0.3, 0.4) is 0 Å². The molecule has 144 valence electrons. The highest BCUT2D eigenvalue weighted by atomic mass is 19.1. The minimum atomic E-state index is -0.319. The van der Waals surface area contributed by atoms with E-state index in [2.05, 4.69) is 15.2 Å². The van der Waals surface area contributed by atoms with E-state index < -0.39 is 0 Å². The molecule has 0 aliphatic carbocycles. The number of aromatic amines is 1. The van der Waals surface area contributed by atoms with Gasteiger partial charge in [0.25, 0.3) is 5.91 Å². The summed E-state index contributed by atoms with van der Waals surface area (Å²) in [7, 11) is 0. The van der Waals surface area contributed by atoms with Crippen LogP contribution in [0.4, 0.5) is 4.39 Å². The minimum absolute atomic E-state index is 0.0189. The zero-order valence-electron chi connectivity index (χ0n) is 15.3. The van der Waals surface area contributed by atoms with Gasteiger partial charge >= 0.3 is 0 Å². The molecule has 0 radical (unpaired) electrons. The van der Waals surface area contributed by atoms with Gasteiger partial charge in [-0.25, -0.2) is 4.39 Å². The Morgan fingerprint density at radius 1 is 1.29 bits per heavy atom. The van der Waals surface area contributed by atoms with Gasteiger partial charge in [0.05, 0.1) is 23.9 Å². The van der Waals surface area contributed by atoms with Crippen molar-refractivity contribution in [2.24, 2.45) is 0 Å². The lowest BCUT2D eigenvalue weighted by atomic mass is 10.1. The van der Waals surface area contributed by atoms with Crippen molar-refractivity contribution < 1.29 is 13.9 Å². The second kappa shape index (κ2) is 8.21. The smallest absolute Gasteiger partial charge is 0.255 e. The number of amides is 1. The van der Waals surface area contributed by atoms with Gasteiger partial charge in [0.1, 0.15) is 11.6 Å². The zero-order chi connectivity index (χ0) is 19.3. The summed E-state index contributed by atoms with van der Waals surface area (Å²) in [6.45, 7) is 1.12. The third kappa shape index (κ3) is 4.03. The van der Waals surface area contributed by atoms with Crippen LogP contribution in [0.5, 0.6) is 5.75 Å². The van der Waals surface area contributed by atoms with Gasteiger partial charge in [0, 0.05) is 37.1 Å². The van der Waals surface area contributed by atoms with Crippen LogP contribution in [-0.4, -0.2) is 39.1 Å². The highest BCUT2D eigenvalue weighted by Crippen LogP contribution is 2.32. The maximum Gasteiger partial charge on any atom is 0.255 e. The summed E-state index contributed by atoms with van der Waals surface area (Å²) in [4.78, 5) is 18.7. The normalized spacial score (nSPS) is 16.3. The lowest BCUT2D eigenvalue weighted by Crippen LogP contribution is -2.30. The first-order valence-electron chi connectivity index (χ1n) is 9.34. The van der Waals surface area contributed by atoms with Crippen LogP contribution in [0.2, 0.25) is 0 Å². The summed E-state index contributed by atoms with van der Waals surface area (Å²) in [5.41, 5.74) is 2.37. The van der Waals surface area contributed by atoms with Crippen molar-refractivity contribution in [2.75, 3.05) is 13.2 Å². The van der Waals surface area contributed by atoms with Crippen molar-refractivity contribution in [3.63, 3.8) is 0 Å². The van der Waals surface area contributed by atoms with Gasteiger partial charge in [-0.05, 0) is 43.2 Å². The van der Waals surface area contributed by atoms with Crippen LogP contribution in [0.25, 0.3) is 0 Å². The molecule has 4 rings (SSSR count). The molecule has 7 heteroatoms. The summed E-state index contributed by atoms with van der Waals surface area (Å²) < 4.78 is 18.8. The summed E-state index contributed by atoms with van der Waals surface area (Å²) in [6.07, 6.45) is 5.70. The fourth-order valence-electron chi connectivity index (χ4n) is 3.49. The Balaban J connectivity index is 1.38. The molecule has 1 amide bonds. The third-order valence-corrected chi connectivity index (χ3v) is 4.85. The third-order valence-electron chi connectivity index (χ3n) is 4.85. The second-order valence-corrected chi connectivity index (χ2v) is 6.77. The zero-order valence-corrected chi connectivity index (χ0v) is 15.3. The molecule has 6 nitrogen and oxygen atoms in total. The topological polar surface area (TPSA) is 71.1 Å². The number of H-pyrrole nitrogens is 1. The van der Waals surface area contributed by atoms with Gasteiger partial charge < -0.3 is 9.64 Å². The molecule has 0 bridgehead atoms. The number of likely N-dealkylation sites (tertiary alicyclic amines) is 1.